The van der Waals surface area contributed by atoms with Crippen LogP contribution in [0.15, 0.2) is 83.5 Å². The number of halogens is 1. The monoisotopic (exact) mass is 519 g/mol. The molecular formula is C27H22ClN3O6. The minimum absolute atomic E-state index is 0.00662. The number of amides is 3. The Morgan fingerprint density at radius 2 is 1.62 bits per heavy atom. The van der Waals surface area contributed by atoms with Crippen molar-refractivity contribution in [3.8, 4) is 5.75 Å². The first-order chi connectivity index (χ1) is 17.8. The number of carbonyl (C=O) groups is 4. The van der Waals surface area contributed by atoms with Crippen molar-refractivity contribution in [3.05, 3.63) is 94.7 Å². The third kappa shape index (κ3) is 5.62. The lowest BCUT2D eigenvalue weighted by atomic mass is 10.1. The highest BCUT2D eigenvalue weighted by molar-refractivity contribution is 6.53. The summed E-state index contributed by atoms with van der Waals surface area (Å²) in [5.74, 6) is -2.49. The number of phenolic OH excluding ortho intramolecular Hbond substituents is 1. The summed E-state index contributed by atoms with van der Waals surface area (Å²) in [4.78, 5) is 51.7. The predicted molar refractivity (Wildman–Crippen MR) is 139 cm³/mol. The zero-order chi connectivity index (χ0) is 26.5. The number of ether oxygens (including phenoxy) is 1. The Morgan fingerprint density at radius 1 is 0.919 bits per heavy atom. The van der Waals surface area contributed by atoms with Crippen molar-refractivity contribution in [2.75, 3.05) is 22.1 Å². The number of imide groups is 1. The molecule has 37 heavy (non-hydrogen) atoms. The van der Waals surface area contributed by atoms with Crippen molar-refractivity contribution < 1.29 is 29.0 Å². The summed E-state index contributed by atoms with van der Waals surface area (Å²) in [5.41, 5.74) is 1.19. The van der Waals surface area contributed by atoms with E-state index in [1.54, 1.807) is 30.3 Å². The predicted octanol–water partition coefficient (Wildman–Crippen LogP) is 4.65. The SMILES string of the molecule is CCCOC(=O)c1cccc(N2C(=O)C(Cl)=C(Nc3cccc(C(=O)Nc4cccc(O)c4)c3)C2=O)c1. The van der Waals surface area contributed by atoms with E-state index in [0.29, 0.717) is 17.8 Å². The van der Waals surface area contributed by atoms with E-state index >= 15 is 0 Å². The Bertz CT molecular complexity index is 1430. The fraction of sp³-hybridized carbons (Fsp3) is 0.111. The first-order valence-electron chi connectivity index (χ1n) is 11.3. The molecule has 3 aromatic rings. The van der Waals surface area contributed by atoms with Gasteiger partial charge in [-0.2, -0.15) is 0 Å². The zero-order valence-electron chi connectivity index (χ0n) is 19.7. The Labute approximate surface area is 217 Å². The summed E-state index contributed by atoms with van der Waals surface area (Å²) >= 11 is 6.22. The molecule has 4 rings (SSSR count). The molecule has 0 saturated heterocycles. The van der Waals surface area contributed by atoms with Gasteiger partial charge in [0, 0.05) is 23.0 Å². The van der Waals surface area contributed by atoms with E-state index in [1.807, 2.05) is 6.92 Å². The maximum Gasteiger partial charge on any atom is 0.338 e. The van der Waals surface area contributed by atoms with Gasteiger partial charge in [-0.1, -0.05) is 36.7 Å². The summed E-state index contributed by atoms with van der Waals surface area (Å²) < 4.78 is 5.12. The van der Waals surface area contributed by atoms with E-state index in [0.717, 1.165) is 4.90 Å². The molecular weight excluding hydrogens is 498 g/mol. The number of rotatable bonds is 8. The van der Waals surface area contributed by atoms with Crippen molar-refractivity contribution >= 4 is 52.4 Å². The van der Waals surface area contributed by atoms with Crippen LogP contribution in [-0.4, -0.2) is 35.4 Å². The average molecular weight is 520 g/mol. The number of esters is 1. The van der Waals surface area contributed by atoms with Gasteiger partial charge in [-0.05, 0) is 55.0 Å². The summed E-state index contributed by atoms with van der Waals surface area (Å²) in [5, 5.41) is 14.7. The third-order valence-electron chi connectivity index (χ3n) is 5.30. The van der Waals surface area contributed by atoms with Gasteiger partial charge in [-0.3, -0.25) is 14.4 Å². The standard InChI is InChI=1S/C27H22ClN3O6/c1-2-12-37-27(36)17-7-4-10-20(14-17)31-25(34)22(28)23(26(31)35)29-18-8-3-6-16(13-18)24(33)30-19-9-5-11-21(32)15-19/h3-11,13-15,29,32H,2,12H2,1H3,(H,30,33). The Kier molecular flexibility index (Phi) is 7.55. The van der Waals surface area contributed by atoms with Crippen LogP contribution in [0.25, 0.3) is 0 Å². The molecule has 1 aliphatic heterocycles. The van der Waals surface area contributed by atoms with Gasteiger partial charge in [0.1, 0.15) is 16.5 Å². The molecule has 3 amide bonds. The maximum atomic E-state index is 13.2. The number of phenols is 1. The number of nitrogens with zero attached hydrogens (tertiary/aromatic N) is 1. The number of benzene rings is 3. The van der Waals surface area contributed by atoms with Crippen molar-refractivity contribution in [2.45, 2.75) is 13.3 Å². The van der Waals surface area contributed by atoms with Crippen molar-refractivity contribution in [1.29, 1.82) is 0 Å². The van der Waals surface area contributed by atoms with Gasteiger partial charge in [-0.25, -0.2) is 9.69 Å². The van der Waals surface area contributed by atoms with Crippen LogP contribution in [0.2, 0.25) is 0 Å². The molecule has 0 unspecified atom stereocenters. The topological polar surface area (TPSA) is 125 Å². The normalized spacial score (nSPS) is 13.1. The molecule has 1 aliphatic rings. The molecule has 188 valence electrons. The van der Waals surface area contributed by atoms with Crippen LogP contribution in [0.1, 0.15) is 34.1 Å². The number of anilines is 3. The lowest BCUT2D eigenvalue weighted by molar-refractivity contribution is -0.120. The highest BCUT2D eigenvalue weighted by Crippen LogP contribution is 2.31. The summed E-state index contributed by atoms with van der Waals surface area (Å²) in [6.45, 7) is 2.11. The largest absolute Gasteiger partial charge is 0.508 e. The van der Waals surface area contributed by atoms with Gasteiger partial charge in [0.15, 0.2) is 0 Å². The number of hydrogen-bond acceptors (Lipinski definition) is 7. The molecule has 1 heterocycles. The van der Waals surface area contributed by atoms with Crippen LogP contribution >= 0.6 is 11.6 Å². The second-order valence-corrected chi connectivity index (χ2v) is 8.41. The molecule has 10 heteroatoms. The molecule has 3 aromatic carbocycles. The Morgan fingerprint density at radius 3 is 2.38 bits per heavy atom. The second-order valence-electron chi connectivity index (χ2n) is 8.03. The zero-order valence-corrected chi connectivity index (χ0v) is 20.4. The van der Waals surface area contributed by atoms with Gasteiger partial charge in [0.05, 0.1) is 17.9 Å². The Hall–Kier alpha value is -4.63. The van der Waals surface area contributed by atoms with E-state index in [2.05, 4.69) is 10.6 Å². The number of carbonyl (C=O) groups excluding carboxylic acids is 4. The number of aromatic hydroxyl groups is 1. The molecule has 0 bridgehead atoms. The molecule has 3 N–H and O–H groups in total. The lowest BCUT2D eigenvalue weighted by Gasteiger charge is -2.16. The van der Waals surface area contributed by atoms with Gasteiger partial charge < -0.3 is 20.5 Å². The van der Waals surface area contributed by atoms with E-state index in [-0.39, 0.29) is 39.9 Å². The van der Waals surface area contributed by atoms with E-state index in [9.17, 15) is 24.3 Å². The molecule has 0 radical (unpaired) electrons. The van der Waals surface area contributed by atoms with E-state index in [4.69, 9.17) is 16.3 Å². The van der Waals surface area contributed by atoms with Gasteiger partial charge >= 0.3 is 5.97 Å². The van der Waals surface area contributed by atoms with Gasteiger partial charge in [0.25, 0.3) is 17.7 Å². The number of nitrogens with one attached hydrogen (secondary N) is 2. The maximum absolute atomic E-state index is 13.2. The number of hydrogen-bond donors (Lipinski definition) is 3. The third-order valence-corrected chi connectivity index (χ3v) is 5.65. The van der Waals surface area contributed by atoms with Crippen LogP contribution in [0.3, 0.4) is 0 Å². The summed E-state index contributed by atoms with van der Waals surface area (Å²) in [7, 11) is 0. The van der Waals surface area contributed by atoms with Crippen LogP contribution in [0, 0.1) is 0 Å². The molecule has 0 atom stereocenters. The van der Waals surface area contributed by atoms with Crippen molar-refractivity contribution in [3.63, 3.8) is 0 Å². The lowest BCUT2D eigenvalue weighted by Crippen LogP contribution is -2.32. The molecule has 9 nitrogen and oxygen atoms in total. The van der Waals surface area contributed by atoms with Crippen LogP contribution in [0.4, 0.5) is 17.1 Å². The molecule has 0 aliphatic carbocycles. The highest BCUT2D eigenvalue weighted by Gasteiger charge is 2.39. The minimum Gasteiger partial charge on any atom is -0.508 e. The van der Waals surface area contributed by atoms with Crippen LogP contribution < -0.4 is 15.5 Å². The molecule has 0 aromatic heterocycles. The van der Waals surface area contributed by atoms with Crippen LogP contribution in [-0.2, 0) is 14.3 Å². The van der Waals surface area contributed by atoms with E-state index in [1.165, 1.54) is 42.5 Å². The fourth-order valence-corrected chi connectivity index (χ4v) is 3.78. The molecule has 0 spiro atoms. The highest BCUT2D eigenvalue weighted by atomic mass is 35.5. The van der Waals surface area contributed by atoms with E-state index < -0.39 is 23.7 Å². The summed E-state index contributed by atoms with van der Waals surface area (Å²) in [6.07, 6.45) is 0.655. The first-order valence-corrected chi connectivity index (χ1v) is 11.7. The molecule has 0 fully saturated rings. The van der Waals surface area contributed by atoms with Gasteiger partial charge in [-0.15, -0.1) is 0 Å². The van der Waals surface area contributed by atoms with Crippen LogP contribution in [0.5, 0.6) is 5.75 Å². The van der Waals surface area contributed by atoms with Crippen molar-refractivity contribution in [1.82, 2.24) is 0 Å². The second kappa shape index (κ2) is 11.0. The first kappa shape index (κ1) is 25.5. The Balaban J connectivity index is 1.52. The van der Waals surface area contributed by atoms with Gasteiger partial charge in [0.2, 0.25) is 0 Å². The smallest absolute Gasteiger partial charge is 0.338 e. The minimum atomic E-state index is -0.758. The quantitative estimate of drug-likeness (QED) is 0.292. The van der Waals surface area contributed by atoms with Crippen molar-refractivity contribution in [2.24, 2.45) is 0 Å². The fourth-order valence-electron chi connectivity index (χ4n) is 3.57. The summed E-state index contributed by atoms with van der Waals surface area (Å²) in [6, 6.07) is 18.3. The average Bonchev–Trinajstić information content (AvgIpc) is 3.10. The molecule has 0 saturated carbocycles.